The van der Waals surface area contributed by atoms with Crippen molar-refractivity contribution in [2.75, 3.05) is 6.61 Å². The number of piperidine rings is 1. The maximum Gasteiger partial charge on any atom is 0.273 e. The SMILES string of the molecule is O=C(c1ccccn1)N1C2CCC(C2)[C@@H]1COc1ccc(F)cc1. The lowest BCUT2D eigenvalue weighted by Crippen LogP contribution is -2.48. The van der Waals surface area contributed by atoms with Crippen molar-refractivity contribution in [1.29, 1.82) is 0 Å². The number of benzene rings is 1. The van der Waals surface area contributed by atoms with E-state index >= 15 is 0 Å². The van der Waals surface area contributed by atoms with Gasteiger partial charge in [0.25, 0.3) is 5.91 Å². The molecular formula is C19H19FN2O2. The van der Waals surface area contributed by atoms with Crippen LogP contribution < -0.4 is 4.74 Å². The van der Waals surface area contributed by atoms with Crippen LogP contribution in [0.5, 0.6) is 5.75 Å². The fraction of sp³-hybridized carbons (Fsp3) is 0.368. The highest BCUT2D eigenvalue weighted by Crippen LogP contribution is 2.43. The molecule has 1 saturated carbocycles. The van der Waals surface area contributed by atoms with Crippen LogP contribution in [0.2, 0.25) is 0 Å². The van der Waals surface area contributed by atoms with Gasteiger partial charge in [0.2, 0.25) is 0 Å². The van der Waals surface area contributed by atoms with Gasteiger partial charge in [-0.25, -0.2) is 4.39 Å². The van der Waals surface area contributed by atoms with Crippen molar-refractivity contribution in [2.45, 2.75) is 31.3 Å². The number of ether oxygens (including phenoxy) is 1. The van der Waals surface area contributed by atoms with E-state index in [1.54, 1.807) is 24.4 Å². The van der Waals surface area contributed by atoms with Crippen LogP contribution in [0.3, 0.4) is 0 Å². The van der Waals surface area contributed by atoms with Crippen molar-refractivity contribution in [3.63, 3.8) is 0 Å². The number of rotatable bonds is 4. The summed E-state index contributed by atoms with van der Waals surface area (Å²) in [4.78, 5) is 19.0. The van der Waals surface area contributed by atoms with E-state index in [1.165, 1.54) is 12.1 Å². The Hall–Kier alpha value is -2.43. The topological polar surface area (TPSA) is 42.4 Å². The first-order valence-corrected chi connectivity index (χ1v) is 8.34. The van der Waals surface area contributed by atoms with Gasteiger partial charge in [-0.1, -0.05) is 6.07 Å². The van der Waals surface area contributed by atoms with Crippen LogP contribution >= 0.6 is 0 Å². The minimum Gasteiger partial charge on any atom is -0.491 e. The zero-order chi connectivity index (χ0) is 16.5. The zero-order valence-corrected chi connectivity index (χ0v) is 13.3. The van der Waals surface area contributed by atoms with Gasteiger partial charge in [0.05, 0.1) is 6.04 Å². The molecule has 2 fully saturated rings. The highest BCUT2D eigenvalue weighted by atomic mass is 19.1. The van der Waals surface area contributed by atoms with Crippen molar-refractivity contribution in [1.82, 2.24) is 9.88 Å². The summed E-state index contributed by atoms with van der Waals surface area (Å²) in [5.74, 6) is 0.803. The molecule has 1 aromatic heterocycles. The van der Waals surface area contributed by atoms with E-state index in [0.717, 1.165) is 19.3 Å². The lowest BCUT2D eigenvalue weighted by molar-refractivity contribution is 0.0500. The van der Waals surface area contributed by atoms with Crippen molar-refractivity contribution >= 4 is 5.91 Å². The van der Waals surface area contributed by atoms with Crippen LogP contribution in [0.25, 0.3) is 0 Å². The monoisotopic (exact) mass is 326 g/mol. The first kappa shape index (κ1) is 15.1. The Kier molecular flexibility index (Phi) is 3.92. The predicted octanol–water partition coefficient (Wildman–Crippen LogP) is 3.29. The number of pyridine rings is 1. The van der Waals surface area contributed by atoms with Crippen LogP contribution in [0.1, 0.15) is 29.8 Å². The van der Waals surface area contributed by atoms with E-state index in [9.17, 15) is 9.18 Å². The van der Waals surface area contributed by atoms with Crippen LogP contribution in [0.15, 0.2) is 48.7 Å². The van der Waals surface area contributed by atoms with Crippen LogP contribution in [-0.2, 0) is 0 Å². The van der Waals surface area contributed by atoms with E-state index in [-0.39, 0.29) is 23.8 Å². The molecule has 2 heterocycles. The molecule has 5 heteroatoms. The number of aromatic nitrogens is 1. The summed E-state index contributed by atoms with van der Waals surface area (Å²) in [6, 6.07) is 11.7. The lowest BCUT2D eigenvalue weighted by Gasteiger charge is -2.35. The molecule has 1 amide bonds. The number of halogens is 1. The molecule has 1 aliphatic heterocycles. The van der Waals surface area contributed by atoms with E-state index in [0.29, 0.717) is 24.0 Å². The predicted molar refractivity (Wildman–Crippen MR) is 87.2 cm³/mol. The maximum atomic E-state index is 13.0. The third-order valence-corrected chi connectivity index (χ3v) is 5.09. The van der Waals surface area contributed by atoms with Crippen molar-refractivity contribution in [3.05, 3.63) is 60.2 Å². The molecule has 2 bridgehead atoms. The van der Waals surface area contributed by atoms with Gasteiger partial charge in [-0.05, 0) is 61.6 Å². The van der Waals surface area contributed by atoms with Crippen LogP contribution in [0.4, 0.5) is 4.39 Å². The Morgan fingerprint density at radius 3 is 2.79 bits per heavy atom. The highest BCUT2D eigenvalue weighted by molar-refractivity contribution is 5.93. The number of amides is 1. The second-order valence-electron chi connectivity index (χ2n) is 6.49. The number of hydrogen-bond donors (Lipinski definition) is 0. The van der Waals surface area contributed by atoms with Gasteiger partial charge in [-0.2, -0.15) is 0 Å². The van der Waals surface area contributed by atoms with E-state index in [1.807, 2.05) is 17.0 Å². The summed E-state index contributed by atoms with van der Waals surface area (Å²) < 4.78 is 18.8. The minimum absolute atomic E-state index is 0.0180. The molecule has 4 nitrogen and oxygen atoms in total. The van der Waals surface area contributed by atoms with Gasteiger partial charge in [-0.15, -0.1) is 0 Å². The molecule has 0 spiro atoms. The number of carbonyl (C=O) groups is 1. The molecule has 24 heavy (non-hydrogen) atoms. The van der Waals surface area contributed by atoms with E-state index in [2.05, 4.69) is 4.98 Å². The Morgan fingerprint density at radius 1 is 1.21 bits per heavy atom. The van der Waals surface area contributed by atoms with Crippen LogP contribution in [0, 0.1) is 11.7 Å². The third kappa shape index (κ3) is 2.75. The van der Waals surface area contributed by atoms with Crippen molar-refractivity contribution < 1.29 is 13.9 Å². The first-order chi connectivity index (χ1) is 11.7. The Labute approximate surface area is 140 Å². The van der Waals surface area contributed by atoms with Gasteiger partial charge in [0.15, 0.2) is 0 Å². The molecule has 2 aromatic rings. The van der Waals surface area contributed by atoms with E-state index in [4.69, 9.17) is 4.74 Å². The average molecular weight is 326 g/mol. The smallest absolute Gasteiger partial charge is 0.273 e. The summed E-state index contributed by atoms with van der Waals surface area (Å²) in [6.07, 6.45) is 4.87. The zero-order valence-electron chi connectivity index (χ0n) is 13.3. The third-order valence-electron chi connectivity index (χ3n) is 5.09. The van der Waals surface area contributed by atoms with Gasteiger partial charge in [0.1, 0.15) is 23.9 Å². The molecule has 2 aliphatic rings. The Bertz CT molecular complexity index is 720. The molecule has 4 rings (SSSR count). The van der Waals surface area contributed by atoms with Gasteiger partial charge in [0, 0.05) is 12.2 Å². The Balaban J connectivity index is 1.50. The standard InChI is InChI=1S/C19H19FN2O2/c20-14-5-8-16(9-6-14)24-12-18-13-4-7-15(11-13)22(18)19(23)17-3-1-2-10-21-17/h1-3,5-6,8-10,13,15,18H,4,7,11-12H2/t13?,15?,18-/m0/s1. The number of likely N-dealkylation sites (tertiary alicyclic amines) is 1. The first-order valence-electron chi connectivity index (χ1n) is 8.34. The number of carbonyl (C=O) groups excluding carboxylic acids is 1. The molecule has 124 valence electrons. The van der Waals surface area contributed by atoms with Gasteiger partial charge < -0.3 is 9.64 Å². The molecular weight excluding hydrogens is 307 g/mol. The fourth-order valence-electron chi connectivity index (χ4n) is 3.96. The number of fused-ring (bicyclic) bond motifs is 2. The summed E-state index contributed by atoms with van der Waals surface area (Å²) in [6.45, 7) is 0.436. The molecule has 1 aliphatic carbocycles. The second kappa shape index (κ2) is 6.23. The number of hydrogen-bond acceptors (Lipinski definition) is 3. The maximum absolute atomic E-state index is 13.0. The summed E-state index contributed by atoms with van der Waals surface area (Å²) in [7, 11) is 0. The van der Waals surface area contributed by atoms with Gasteiger partial charge in [-0.3, -0.25) is 9.78 Å². The van der Waals surface area contributed by atoms with Gasteiger partial charge >= 0.3 is 0 Å². The lowest BCUT2D eigenvalue weighted by atomic mass is 9.99. The average Bonchev–Trinajstić information content (AvgIpc) is 3.23. The normalized spacial score (nSPS) is 25.0. The van der Waals surface area contributed by atoms with Crippen molar-refractivity contribution in [2.24, 2.45) is 5.92 Å². The highest BCUT2D eigenvalue weighted by Gasteiger charge is 2.48. The summed E-state index contributed by atoms with van der Waals surface area (Å²) in [5, 5.41) is 0. The van der Waals surface area contributed by atoms with Crippen LogP contribution in [-0.4, -0.2) is 34.5 Å². The molecule has 1 saturated heterocycles. The summed E-state index contributed by atoms with van der Waals surface area (Å²) in [5.41, 5.74) is 0.483. The number of nitrogens with zero attached hydrogens (tertiary/aromatic N) is 2. The molecule has 2 unspecified atom stereocenters. The molecule has 0 N–H and O–H groups in total. The quantitative estimate of drug-likeness (QED) is 0.866. The molecule has 3 atom stereocenters. The molecule has 1 aromatic carbocycles. The van der Waals surface area contributed by atoms with E-state index < -0.39 is 0 Å². The Morgan fingerprint density at radius 2 is 2.04 bits per heavy atom. The summed E-state index contributed by atoms with van der Waals surface area (Å²) >= 11 is 0. The largest absolute Gasteiger partial charge is 0.491 e. The second-order valence-corrected chi connectivity index (χ2v) is 6.49. The minimum atomic E-state index is -0.283. The fourth-order valence-corrected chi connectivity index (χ4v) is 3.96. The van der Waals surface area contributed by atoms with Crippen molar-refractivity contribution in [3.8, 4) is 5.75 Å². The molecule has 0 radical (unpaired) electrons.